The van der Waals surface area contributed by atoms with Gasteiger partial charge >= 0.3 is 0 Å². The maximum absolute atomic E-state index is 5.91. The Morgan fingerprint density at radius 2 is 2.20 bits per heavy atom. The fraction of sp³-hybridized carbons (Fsp3) is 0.600. The van der Waals surface area contributed by atoms with Gasteiger partial charge in [-0.15, -0.1) is 0 Å². The molecule has 0 amide bonds. The average Bonchev–Trinajstić information content (AvgIpc) is 2.86. The molecule has 1 N–H and O–H groups in total. The highest BCUT2D eigenvalue weighted by molar-refractivity contribution is 9.11. The normalized spacial score (nSPS) is 18.8. The van der Waals surface area contributed by atoms with Gasteiger partial charge in [-0.2, -0.15) is 0 Å². The molecule has 3 nitrogen and oxygen atoms in total. The van der Waals surface area contributed by atoms with Crippen LogP contribution < -0.4 is 10.1 Å². The first-order chi connectivity index (χ1) is 9.56. The van der Waals surface area contributed by atoms with Gasteiger partial charge in [-0.3, -0.25) is 0 Å². The van der Waals surface area contributed by atoms with E-state index < -0.39 is 0 Å². The number of hydrogen-bond donors (Lipinski definition) is 1. The van der Waals surface area contributed by atoms with Gasteiger partial charge in [0.05, 0.1) is 16.7 Å². The molecule has 112 valence electrons. The van der Waals surface area contributed by atoms with Gasteiger partial charge in [0.1, 0.15) is 5.75 Å². The first-order valence-corrected chi connectivity index (χ1v) is 8.61. The number of nitrogens with one attached hydrogen (secondary N) is 1. The highest BCUT2D eigenvalue weighted by Crippen LogP contribution is 2.33. The van der Waals surface area contributed by atoms with E-state index in [0.29, 0.717) is 6.10 Å². The number of ether oxygens (including phenoxy) is 2. The van der Waals surface area contributed by atoms with Gasteiger partial charge in [0, 0.05) is 29.7 Å². The summed E-state index contributed by atoms with van der Waals surface area (Å²) < 4.78 is 13.6. The molecule has 0 bridgehead atoms. The Morgan fingerprint density at radius 1 is 1.40 bits per heavy atom. The molecule has 20 heavy (non-hydrogen) atoms. The van der Waals surface area contributed by atoms with Crippen molar-refractivity contribution in [3.05, 3.63) is 26.6 Å². The monoisotopic (exact) mass is 405 g/mol. The molecule has 1 aliphatic rings. The van der Waals surface area contributed by atoms with Crippen LogP contribution in [0.1, 0.15) is 32.3 Å². The Kier molecular flexibility index (Phi) is 6.33. The van der Waals surface area contributed by atoms with E-state index in [-0.39, 0.29) is 6.10 Å². The highest BCUT2D eigenvalue weighted by Gasteiger charge is 2.16. The van der Waals surface area contributed by atoms with Crippen molar-refractivity contribution >= 4 is 31.9 Å². The molecule has 2 rings (SSSR count). The summed E-state index contributed by atoms with van der Waals surface area (Å²) >= 11 is 7.11. The van der Waals surface area contributed by atoms with Gasteiger partial charge in [-0.05, 0) is 54.8 Å². The highest BCUT2D eigenvalue weighted by atomic mass is 79.9. The summed E-state index contributed by atoms with van der Waals surface area (Å²) in [5.74, 6) is 0.919. The second kappa shape index (κ2) is 7.78. The van der Waals surface area contributed by atoms with E-state index in [9.17, 15) is 0 Å². The Balaban J connectivity index is 2.00. The molecule has 0 spiro atoms. The van der Waals surface area contributed by atoms with Crippen LogP contribution in [0.4, 0.5) is 0 Å². The van der Waals surface area contributed by atoms with Crippen LogP contribution in [0.5, 0.6) is 5.75 Å². The molecule has 1 aliphatic heterocycles. The Bertz CT molecular complexity index is 446. The third-order valence-corrected chi connectivity index (χ3v) is 4.20. The summed E-state index contributed by atoms with van der Waals surface area (Å²) in [7, 11) is 0. The molecule has 0 aliphatic carbocycles. The molecule has 0 radical (unpaired) electrons. The minimum Gasteiger partial charge on any atom is -0.489 e. The third kappa shape index (κ3) is 4.72. The van der Waals surface area contributed by atoms with Gasteiger partial charge in [-0.25, -0.2) is 0 Å². The quantitative estimate of drug-likeness (QED) is 0.765. The SMILES string of the molecule is CC(C)Oc1c(Br)cc(Br)cc1CNC[C@@H]1CCCO1. The average molecular weight is 407 g/mol. The van der Waals surface area contributed by atoms with E-state index in [0.717, 1.165) is 46.4 Å². The molecule has 1 saturated heterocycles. The van der Waals surface area contributed by atoms with Crippen molar-refractivity contribution < 1.29 is 9.47 Å². The zero-order chi connectivity index (χ0) is 14.5. The smallest absolute Gasteiger partial charge is 0.138 e. The minimum absolute atomic E-state index is 0.157. The Morgan fingerprint density at radius 3 is 2.85 bits per heavy atom. The standard InChI is InChI=1S/C15H21Br2NO2/c1-10(2)20-15-11(6-12(16)7-14(15)17)8-18-9-13-4-3-5-19-13/h6-7,10,13,18H,3-5,8-9H2,1-2H3/t13-/m0/s1. The first-order valence-electron chi connectivity index (χ1n) is 7.03. The molecular formula is C15H21Br2NO2. The van der Waals surface area contributed by atoms with Crippen molar-refractivity contribution in [2.45, 2.75) is 45.4 Å². The largest absolute Gasteiger partial charge is 0.489 e. The Hall–Kier alpha value is -0.100. The molecule has 0 saturated carbocycles. The maximum Gasteiger partial charge on any atom is 0.138 e. The van der Waals surface area contributed by atoms with E-state index in [1.54, 1.807) is 0 Å². The van der Waals surface area contributed by atoms with Crippen molar-refractivity contribution in [1.29, 1.82) is 0 Å². The molecule has 1 atom stereocenters. The van der Waals surface area contributed by atoms with Crippen LogP contribution in [0.2, 0.25) is 0 Å². The third-order valence-electron chi connectivity index (χ3n) is 3.15. The molecule has 5 heteroatoms. The van der Waals surface area contributed by atoms with Gasteiger partial charge in [0.15, 0.2) is 0 Å². The lowest BCUT2D eigenvalue weighted by atomic mass is 10.2. The number of rotatable bonds is 6. The summed E-state index contributed by atoms with van der Waals surface area (Å²) in [6.07, 6.45) is 2.85. The van der Waals surface area contributed by atoms with Gasteiger partial charge in [0.2, 0.25) is 0 Å². The summed E-state index contributed by atoms with van der Waals surface area (Å²) in [6, 6.07) is 4.12. The van der Waals surface area contributed by atoms with Crippen molar-refractivity contribution in [3.8, 4) is 5.75 Å². The summed E-state index contributed by atoms with van der Waals surface area (Å²) in [5, 5.41) is 3.47. The van der Waals surface area contributed by atoms with E-state index in [1.807, 2.05) is 19.9 Å². The zero-order valence-corrected chi connectivity index (χ0v) is 15.1. The van der Waals surface area contributed by atoms with Crippen molar-refractivity contribution in [3.63, 3.8) is 0 Å². The van der Waals surface area contributed by atoms with Crippen LogP contribution in [0.25, 0.3) is 0 Å². The van der Waals surface area contributed by atoms with Crippen LogP contribution in [0.3, 0.4) is 0 Å². The number of hydrogen-bond acceptors (Lipinski definition) is 3. The van der Waals surface area contributed by atoms with Crippen molar-refractivity contribution in [2.24, 2.45) is 0 Å². The van der Waals surface area contributed by atoms with Gasteiger partial charge in [-0.1, -0.05) is 15.9 Å². The second-order valence-electron chi connectivity index (χ2n) is 5.31. The van der Waals surface area contributed by atoms with Crippen molar-refractivity contribution in [1.82, 2.24) is 5.32 Å². The predicted molar refractivity (Wildman–Crippen MR) is 88.3 cm³/mol. The molecule has 1 aromatic rings. The molecule has 0 unspecified atom stereocenters. The fourth-order valence-electron chi connectivity index (χ4n) is 2.29. The first kappa shape index (κ1) is 16.3. The Labute approximate surface area is 137 Å². The topological polar surface area (TPSA) is 30.5 Å². The number of benzene rings is 1. The van der Waals surface area contributed by atoms with Crippen LogP contribution in [0, 0.1) is 0 Å². The lowest BCUT2D eigenvalue weighted by molar-refractivity contribution is 0.110. The minimum atomic E-state index is 0.157. The lowest BCUT2D eigenvalue weighted by Gasteiger charge is -2.18. The van der Waals surface area contributed by atoms with Gasteiger partial charge in [0.25, 0.3) is 0 Å². The van der Waals surface area contributed by atoms with E-state index in [1.165, 1.54) is 6.42 Å². The zero-order valence-electron chi connectivity index (χ0n) is 11.9. The van der Waals surface area contributed by atoms with Gasteiger partial charge < -0.3 is 14.8 Å². The summed E-state index contributed by atoms with van der Waals surface area (Å²) in [5.41, 5.74) is 1.15. The summed E-state index contributed by atoms with van der Waals surface area (Å²) in [6.45, 7) is 6.65. The van der Waals surface area contributed by atoms with Crippen molar-refractivity contribution in [2.75, 3.05) is 13.2 Å². The maximum atomic E-state index is 5.91. The fourth-order valence-corrected chi connectivity index (χ4v) is 3.69. The lowest BCUT2D eigenvalue weighted by Crippen LogP contribution is -2.26. The van der Waals surface area contributed by atoms with E-state index >= 15 is 0 Å². The predicted octanol–water partition coefficient (Wildman–Crippen LogP) is 4.27. The van der Waals surface area contributed by atoms with Crippen LogP contribution in [-0.4, -0.2) is 25.4 Å². The van der Waals surface area contributed by atoms with Crippen LogP contribution >= 0.6 is 31.9 Å². The molecular weight excluding hydrogens is 386 g/mol. The molecule has 0 aromatic heterocycles. The van der Waals surface area contributed by atoms with E-state index in [4.69, 9.17) is 9.47 Å². The second-order valence-corrected chi connectivity index (χ2v) is 7.08. The van der Waals surface area contributed by atoms with Crippen LogP contribution in [0.15, 0.2) is 21.1 Å². The van der Waals surface area contributed by atoms with Crippen LogP contribution in [-0.2, 0) is 11.3 Å². The number of halogens is 2. The summed E-state index contributed by atoms with van der Waals surface area (Å²) in [4.78, 5) is 0. The molecule has 1 heterocycles. The van der Waals surface area contributed by atoms with E-state index in [2.05, 4.69) is 43.2 Å². The molecule has 1 aromatic carbocycles. The molecule has 1 fully saturated rings.